The minimum Gasteiger partial charge on any atom is -0.454 e. The summed E-state index contributed by atoms with van der Waals surface area (Å²) in [7, 11) is 1.91. The first-order valence-corrected chi connectivity index (χ1v) is 10.1. The Labute approximate surface area is 171 Å². The molecule has 0 unspecified atom stereocenters. The molecule has 0 spiro atoms. The van der Waals surface area contributed by atoms with Gasteiger partial charge in [0.2, 0.25) is 6.79 Å². The van der Waals surface area contributed by atoms with Gasteiger partial charge in [-0.1, -0.05) is 72.0 Å². The van der Waals surface area contributed by atoms with Gasteiger partial charge < -0.3 is 14.0 Å². The number of amides is 1. The predicted octanol–water partition coefficient (Wildman–Crippen LogP) is 4.23. The number of rotatable bonds is 3. The Hall–Kier alpha value is -3.38. The Kier molecular flexibility index (Phi) is 4.41. The van der Waals surface area contributed by atoms with Crippen molar-refractivity contribution in [1.82, 2.24) is 4.57 Å². The molecule has 0 atom stereocenters. The maximum absolute atomic E-state index is 13.3. The Morgan fingerprint density at radius 1 is 0.966 bits per heavy atom. The number of ether oxygens (including phenoxy) is 2. The number of nitrogens with zero attached hydrogens (tertiary/aromatic N) is 2. The molecule has 144 valence electrons. The van der Waals surface area contributed by atoms with E-state index < -0.39 is 5.92 Å². The summed E-state index contributed by atoms with van der Waals surface area (Å²) < 4.78 is 13.9. The average Bonchev–Trinajstić information content (AvgIpc) is 3.32. The van der Waals surface area contributed by atoms with Crippen LogP contribution in [-0.4, -0.2) is 17.3 Å². The Bertz CT molecular complexity index is 1220. The van der Waals surface area contributed by atoms with E-state index in [-0.39, 0.29) is 12.7 Å². The summed E-state index contributed by atoms with van der Waals surface area (Å²) in [6, 6.07) is 23.4. The second kappa shape index (κ2) is 7.22. The molecule has 1 aliphatic rings. The average molecular weight is 402 g/mol. The molecule has 0 fully saturated rings. The summed E-state index contributed by atoms with van der Waals surface area (Å²) in [4.78, 5) is 18.5. The van der Waals surface area contributed by atoms with E-state index in [9.17, 15) is 4.79 Å². The number of hydrogen-bond donors (Lipinski definition) is 0. The maximum Gasteiger partial charge on any atom is 0.260 e. The lowest BCUT2D eigenvalue weighted by atomic mass is 9.91. The molecule has 4 aromatic rings. The van der Waals surface area contributed by atoms with Gasteiger partial charge in [0, 0.05) is 19.2 Å². The van der Waals surface area contributed by atoms with Gasteiger partial charge in [-0.3, -0.25) is 4.79 Å². The number of carbonyl (C=O) groups is 1. The number of hydrogen-bond acceptors (Lipinski definition) is 4. The van der Waals surface area contributed by atoms with Gasteiger partial charge in [-0.15, -0.1) is 0 Å². The van der Waals surface area contributed by atoms with Gasteiger partial charge in [0.05, 0.1) is 16.1 Å². The maximum atomic E-state index is 13.3. The summed E-state index contributed by atoms with van der Waals surface area (Å²) in [6.07, 6.45) is 0. The van der Waals surface area contributed by atoms with Crippen molar-refractivity contribution in [3.05, 3.63) is 88.7 Å². The van der Waals surface area contributed by atoms with Crippen molar-refractivity contribution in [2.75, 3.05) is 6.79 Å². The monoisotopic (exact) mass is 402 g/mol. The third-order valence-electron chi connectivity index (χ3n) is 5.02. The van der Waals surface area contributed by atoms with Crippen molar-refractivity contribution < 1.29 is 14.3 Å². The van der Waals surface area contributed by atoms with Gasteiger partial charge in [0.1, 0.15) is 0 Å². The number of benzene rings is 3. The van der Waals surface area contributed by atoms with E-state index in [4.69, 9.17) is 9.47 Å². The topological polar surface area (TPSA) is 52.8 Å². The molecule has 0 radical (unpaired) electrons. The van der Waals surface area contributed by atoms with Gasteiger partial charge >= 0.3 is 0 Å². The first-order valence-electron chi connectivity index (χ1n) is 9.28. The molecule has 0 saturated carbocycles. The van der Waals surface area contributed by atoms with Crippen molar-refractivity contribution in [3.8, 4) is 11.5 Å². The van der Waals surface area contributed by atoms with Crippen LogP contribution in [0, 0.1) is 0 Å². The molecule has 5 rings (SSSR count). The number of aryl methyl sites for hydroxylation is 1. The zero-order chi connectivity index (χ0) is 19.8. The highest BCUT2D eigenvalue weighted by Crippen LogP contribution is 2.36. The minimum absolute atomic E-state index is 0.190. The molecule has 5 nitrogen and oxygen atoms in total. The second-order valence-electron chi connectivity index (χ2n) is 6.82. The summed E-state index contributed by atoms with van der Waals surface area (Å²) in [5.74, 6) is 0.808. The van der Waals surface area contributed by atoms with Crippen molar-refractivity contribution in [3.63, 3.8) is 0 Å². The first kappa shape index (κ1) is 17.7. The molecule has 1 amide bonds. The minimum atomic E-state index is -0.445. The molecular formula is C23H18N2O3S. The highest BCUT2D eigenvalue weighted by atomic mass is 32.1. The van der Waals surface area contributed by atoms with Gasteiger partial charge in [-0.05, 0) is 11.1 Å². The third kappa shape index (κ3) is 3.21. The molecule has 0 saturated heterocycles. The van der Waals surface area contributed by atoms with E-state index in [1.165, 1.54) is 11.3 Å². The Balaban J connectivity index is 1.61. The van der Waals surface area contributed by atoms with Crippen LogP contribution in [0.5, 0.6) is 11.5 Å². The highest BCUT2D eigenvalue weighted by molar-refractivity contribution is 7.16. The van der Waals surface area contributed by atoms with E-state index >= 15 is 0 Å². The van der Waals surface area contributed by atoms with Crippen LogP contribution in [0.2, 0.25) is 0 Å². The van der Waals surface area contributed by atoms with Gasteiger partial charge in [0.25, 0.3) is 5.91 Å². The number of fused-ring (bicyclic) bond motifs is 2. The summed E-state index contributed by atoms with van der Waals surface area (Å²) >= 11 is 1.47. The smallest absolute Gasteiger partial charge is 0.260 e. The zero-order valence-electron chi connectivity index (χ0n) is 15.7. The summed E-state index contributed by atoms with van der Waals surface area (Å²) in [6.45, 7) is 0.238. The largest absolute Gasteiger partial charge is 0.454 e. The number of aromatic nitrogens is 1. The fourth-order valence-corrected chi connectivity index (χ4v) is 4.59. The third-order valence-corrected chi connectivity index (χ3v) is 6.12. The van der Waals surface area contributed by atoms with E-state index in [0.29, 0.717) is 4.80 Å². The standard InChI is InChI=1S/C23H18N2O3S/c1-25-17-12-18-19(28-14-27-18)13-20(17)29-23(25)24-22(26)21(15-8-4-2-5-9-15)16-10-6-3-7-11-16/h2-13,21H,14H2,1H3. The van der Waals surface area contributed by atoms with Crippen LogP contribution in [0.25, 0.3) is 10.2 Å². The molecule has 29 heavy (non-hydrogen) atoms. The van der Waals surface area contributed by atoms with Crippen molar-refractivity contribution in [2.45, 2.75) is 5.92 Å². The summed E-state index contributed by atoms with van der Waals surface area (Å²) in [5, 5.41) is 0. The predicted molar refractivity (Wildman–Crippen MR) is 112 cm³/mol. The molecule has 0 bridgehead atoms. The molecule has 3 aromatic carbocycles. The fourth-order valence-electron chi connectivity index (χ4n) is 3.55. The van der Waals surface area contributed by atoms with Crippen molar-refractivity contribution in [2.24, 2.45) is 12.0 Å². The molecule has 1 aromatic heterocycles. The summed E-state index contributed by atoms with van der Waals surface area (Å²) in [5.41, 5.74) is 2.82. The van der Waals surface area contributed by atoms with Crippen molar-refractivity contribution in [1.29, 1.82) is 0 Å². The molecule has 0 N–H and O–H groups in total. The van der Waals surface area contributed by atoms with Crippen molar-refractivity contribution >= 4 is 27.5 Å². The lowest BCUT2D eigenvalue weighted by Crippen LogP contribution is -2.18. The SMILES string of the molecule is Cn1c(=NC(=O)C(c2ccccc2)c2ccccc2)sc2cc3c(cc21)OCO3. The zero-order valence-corrected chi connectivity index (χ0v) is 16.6. The quantitative estimate of drug-likeness (QED) is 0.515. The highest BCUT2D eigenvalue weighted by Gasteiger charge is 2.23. The fraction of sp³-hybridized carbons (Fsp3) is 0.130. The molecular weight excluding hydrogens is 384 g/mol. The lowest BCUT2D eigenvalue weighted by molar-refractivity contribution is -0.118. The Morgan fingerprint density at radius 3 is 2.17 bits per heavy atom. The van der Waals surface area contributed by atoms with Crippen LogP contribution in [0.1, 0.15) is 17.0 Å². The second-order valence-corrected chi connectivity index (χ2v) is 7.83. The van der Waals surface area contributed by atoms with Crippen LogP contribution >= 0.6 is 11.3 Å². The van der Waals surface area contributed by atoms with Crippen LogP contribution in [0.4, 0.5) is 0 Å². The van der Waals surface area contributed by atoms with E-state index in [1.54, 1.807) is 0 Å². The van der Waals surface area contributed by atoms with Gasteiger partial charge in [0.15, 0.2) is 16.3 Å². The molecule has 0 aliphatic carbocycles. The number of carbonyl (C=O) groups excluding carboxylic acids is 1. The van der Waals surface area contributed by atoms with Crippen LogP contribution < -0.4 is 14.3 Å². The van der Waals surface area contributed by atoms with Gasteiger partial charge in [-0.25, -0.2) is 0 Å². The normalized spacial score (nSPS) is 13.4. The molecule has 1 aliphatic heterocycles. The van der Waals surface area contributed by atoms with Crippen LogP contribution in [0.3, 0.4) is 0 Å². The van der Waals surface area contributed by atoms with E-state index in [2.05, 4.69) is 4.99 Å². The Morgan fingerprint density at radius 2 is 1.55 bits per heavy atom. The lowest BCUT2D eigenvalue weighted by Gasteiger charge is -2.14. The van der Waals surface area contributed by atoms with Gasteiger partial charge in [-0.2, -0.15) is 4.99 Å². The van der Waals surface area contributed by atoms with E-state index in [0.717, 1.165) is 32.8 Å². The first-order chi connectivity index (χ1) is 14.2. The molecule has 6 heteroatoms. The van der Waals surface area contributed by atoms with Crippen LogP contribution in [-0.2, 0) is 11.8 Å². The van der Waals surface area contributed by atoms with E-state index in [1.807, 2.05) is 84.4 Å². The number of thiazole rings is 1. The molecule has 2 heterocycles. The van der Waals surface area contributed by atoms with Crippen LogP contribution in [0.15, 0.2) is 77.8 Å².